The zero-order chi connectivity index (χ0) is 15.5. The number of rotatable bonds is 4. The zero-order valence-corrected chi connectivity index (χ0v) is 12.2. The molecule has 0 aliphatic carbocycles. The van der Waals surface area contributed by atoms with Gasteiger partial charge in [0, 0.05) is 16.5 Å². The van der Waals surface area contributed by atoms with Crippen LogP contribution in [-0.2, 0) is 9.84 Å². The second-order valence-electron chi connectivity index (χ2n) is 4.13. The summed E-state index contributed by atoms with van der Waals surface area (Å²) in [6.45, 7) is 0. The summed E-state index contributed by atoms with van der Waals surface area (Å²) in [5.41, 5.74) is 0.137. The fourth-order valence-corrected chi connectivity index (χ4v) is 3.01. The van der Waals surface area contributed by atoms with Gasteiger partial charge in [-0.3, -0.25) is 10.1 Å². The summed E-state index contributed by atoms with van der Waals surface area (Å²) in [5.74, 6) is 0. The average Bonchev–Trinajstić information content (AvgIpc) is 2.46. The first-order valence-corrected chi connectivity index (χ1v) is 7.75. The van der Waals surface area contributed by atoms with Gasteiger partial charge in [0.2, 0.25) is 9.84 Å². The van der Waals surface area contributed by atoms with Gasteiger partial charge in [-0.05, 0) is 23.8 Å². The fourth-order valence-electron chi connectivity index (χ4n) is 1.68. The van der Waals surface area contributed by atoms with Crippen LogP contribution in [0.4, 0.5) is 5.69 Å². The van der Waals surface area contributed by atoms with Crippen molar-refractivity contribution in [2.45, 2.75) is 4.90 Å². The second kappa shape index (κ2) is 6.07. The van der Waals surface area contributed by atoms with Crippen molar-refractivity contribution in [3.63, 3.8) is 0 Å². The van der Waals surface area contributed by atoms with Crippen molar-refractivity contribution in [3.05, 3.63) is 74.6 Å². The van der Waals surface area contributed by atoms with Gasteiger partial charge in [0.05, 0.1) is 4.92 Å². The summed E-state index contributed by atoms with van der Waals surface area (Å²) in [7, 11) is -3.93. The molecule has 0 heterocycles. The summed E-state index contributed by atoms with van der Waals surface area (Å²) in [6, 6.07) is 12.2. The molecule has 0 aliphatic heterocycles. The van der Waals surface area contributed by atoms with Gasteiger partial charge in [-0.15, -0.1) is 0 Å². The molecule has 0 fully saturated rings. The first-order chi connectivity index (χ1) is 9.90. The molecule has 2 aromatic rings. The topological polar surface area (TPSA) is 77.3 Å². The Morgan fingerprint density at radius 3 is 2.38 bits per heavy atom. The minimum atomic E-state index is -3.93. The Labute approximate surface area is 126 Å². The van der Waals surface area contributed by atoms with E-state index < -0.39 is 20.4 Å². The highest BCUT2D eigenvalue weighted by Crippen LogP contribution is 2.28. The number of nitro benzene ring substituents is 1. The highest BCUT2D eigenvalue weighted by molar-refractivity contribution is 7.94. The van der Waals surface area contributed by atoms with Crippen LogP contribution in [0.25, 0.3) is 6.08 Å². The molecule has 0 amide bonds. The van der Waals surface area contributed by atoms with Crippen molar-refractivity contribution < 1.29 is 13.3 Å². The Kier molecular flexibility index (Phi) is 4.40. The Morgan fingerprint density at radius 1 is 1.10 bits per heavy atom. The minimum Gasteiger partial charge on any atom is -0.258 e. The lowest BCUT2D eigenvalue weighted by Crippen LogP contribution is -2.01. The molecule has 0 unspecified atom stereocenters. The monoisotopic (exact) mass is 323 g/mol. The van der Waals surface area contributed by atoms with Crippen LogP contribution in [0.15, 0.2) is 58.8 Å². The molecule has 0 radical (unpaired) electrons. The third-order valence-electron chi connectivity index (χ3n) is 2.66. The van der Waals surface area contributed by atoms with E-state index >= 15 is 0 Å². The number of hydrogen-bond acceptors (Lipinski definition) is 4. The maximum absolute atomic E-state index is 12.2. The van der Waals surface area contributed by atoms with E-state index in [2.05, 4.69) is 0 Å². The molecule has 5 nitrogen and oxygen atoms in total. The summed E-state index contributed by atoms with van der Waals surface area (Å²) in [5, 5.41) is 12.0. The van der Waals surface area contributed by atoms with Gasteiger partial charge in [-0.1, -0.05) is 41.9 Å². The number of hydrogen-bond donors (Lipinski definition) is 0. The molecule has 21 heavy (non-hydrogen) atoms. The third-order valence-corrected chi connectivity index (χ3v) is 4.35. The molecule has 2 rings (SSSR count). The Balaban J connectivity index is 2.45. The highest BCUT2D eigenvalue weighted by Gasteiger charge is 2.23. The summed E-state index contributed by atoms with van der Waals surface area (Å²) in [6.07, 6.45) is 1.38. The fraction of sp³-hybridized carbons (Fsp3) is 0. The number of nitrogens with zero attached hydrogens (tertiary/aromatic N) is 1. The lowest BCUT2D eigenvalue weighted by molar-refractivity contribution is -0.387. The molecule has 0 aliphatic rings. The molecule has 0 bridgehead atoms. The molecule has 0 atom stereocenters. The van der Waals surface area contributed by atoms with Gasteiger partial charge in [-0.25, -0.2) is 8.42 Å². The molecule has 108 valence electrons. The summed E-state index contributed by atoms with van der Waals surface area (Å²) >= 11 is 5.67. The molecule has 0 saturated carbocycles. The smallest absolute Gasteiger partial charge is 0.258 e. The normalized spacial score (nSPS) is 11.7. The maximum Gasteiger partial charge on any atom is 0.289 e. The van der Waals surface area contributed by atoms with Gasteiger partial charge in [0.1, 0.15) is 4.90 Å². The Hall–Kier alpha value is -2.18. The number of halogens is 1. The van der Waals surface area contributed by atoms with Crippen molar-refractivity contribution in [1.82, 2.24) is 0 Å². The van der Waals surface area contributed by atoms with Gasteiger partial charge in [0.25, 0.3) is 5.69 Å². The summed E-state index contributed by atoms with van der Waals surface area (Å²) in [4.78, 5) is 9.80. The molecule has 0 N–H and O–H groups in total. The van der Waals surface area contributed by atoms with Gasteiger partial charge in [0.15, 0.2) is 0 Å². The van der Waals surface area contributed by atoms with E-state index in [-0.39, 0.29) is 9.92 Å². The van der Waals surface area contributed by atoms with Crippen molar-refractivity contribution in [3.8, 4) is 0 Å². The number of benzene rings is 2. The van der Waals surface area contributed by atoms with Crippen LogP contribution in [0.1, 0.15) is 5.56 Å². The first-order valence-electron chi connectivity index (χ1n) is 5.82. The summed E-state index contributed by atoms with van der Waals surface area (Å²) < 4.78 is 24.4. The number of nitro groups is 1. The van der Waals surface area contributed by atoms with Crippen LogP contribution in [0, 0.1) is 10.1 Å². The van der Waals surface area contributed by atoms with E-state index in [0.717, 1.165) is 17.5 Å². The second-order valence-corrected chi connectivity index (χ2v) is 6.37. The molecule has 0 saturated heterocycles. The Morgan fingerprint density at radius 2 is 1.76 bits per heavy atom. The predicted molar refractivity (Wildman–Crippen MR) is 80.8 cm³/mol. The van der Waals surface area contributed by atoms with E-state index in [1.807, 2.05) is 0 Å². The van der Waals surface area contributed by atoms with E-state index in [4.69, 9.17) is 11.6 Å². The maximum atomic E-state index is 12.2. The molecular weight excluding hydrogens is 314 g/mol. The minimum absolute atomic E-state index is 0.104. The van der Waals surface area contributed by atoms with E-state index in [0.29, 0.717) is 5.56 Å². The molecular formula is C14H10ClNO4S. The van der Waals surface area contributed by atoms with Crippen LogP contribution in [0.2, 0.25) is 5.02 Å². The van der Waals surface area contributed by atoms with Crippen LogP contribution in [-0.4, -0.2) is 13.3 Å². The van der Waals surface area contributed by atoms with Crippen molar-refractivity contribution in [2.75, 3.05) is 0 Å². The lowest BCUT2D eigenvalue weighted by Gasteiger charge is -2.01. The average molecular weight is 324 g/mol. The van der Waals surface area contributed by atoms with Gasteiger partial charge >= 0.3 is 0 Å². The van der Waals surface area contributed by atoms with Crippen molar-refractivity contribution in [2.24, 2.45) is 0 Å². The largest absolute Gasteiger partial charge is 0.289 e. The van der Waals surface area contributed by atoms with Gasteiger partial charge < -0.3 is 0 Å². The number of sulfone groups is 1. The third kappa shape index (κ3) is 3.68. The quantitative estimate of drug-likeness (QED) is 0.635. The van der Waals surface area contributed by atoms with Crippen LogP contribution in [0.5, 0.6) is 0 Å². The Bertz CT molecular complexity index is 801. The standard InChI is InChI=1S/C14H10ClNO4S/c15-12-6-7-14(13(10-12)16(17)18)21(19,20)9-8-11-4-2-1-3-5-11/h1-10H/b9-8-. The highest BCUT2D eigenvalue weighted by atomic mass is 35.5. The molecule has 7 heteroatoms. The van der Waals surface area contributed by atoms with Crippen LogP contribution >= 0.6 is 11.6 Å². The van der Waals surface area contributed by atoms with Crippen LogP contribution < -0.4 is 0 Å². The van der Waals surface area contributed by atoms with Crippen LogP contribution in [0.3, 0.4) is 0 Å². The van der Waals surface area contributed by atoms with Gasteiger partial charge in [-0.2, -0.15) is 0 Å². The SMILES string of the molecule is O=[N+]([O-])c1cc(Cl)ccc1S(=O)(=O)/C=C\c1ccccc1. The first kappa shape index (κ1) is 15.2. The predicted octanol–water partition coefficient (Wildman–Crippen LogP) is 3.69. The van der Waals surface area contributed by atoms with E-state index in [1.165, 1.54) is 12.1 Å². The molecule has 0 aromatic heterocycles. The lowest BCUT2D eigenvalue weighted by atomic mass is 10.2. The molecule has 0 spiro atoms. The molecule has 2 aromatic carbocycles. The van der Waals surface area contributed by atoms with E-state index in [1.54, 1.807) is 30.3 Å². The zero-order valence-electron chi connectivity index (χ0n) is 10.6. The van der Waals surface area contributed by atoms with Crippen molar-refractivity contribution >= 4 is 33.2 Å². The van der Waals surface area contributed by atoms with Crippen molar-refractivity contribution in [1.29, 1.82) is 0 Å². The van der Waals surface area contributed by atoms with E-state index in [9.17, 15) is 18.5 Å².